The summed E-state index contributed by atoms with van der Waals surface area (Å²) in [4.78, 5) is 14.7. The van der Waals surface area contributed by atoms with Gasteiger partial charge in [0.1, 0.15) is 10.7 Å². The number of hydrogen-bond acceptors (Lipinski definition) is 6. The van der Waals surface area contributed by atoms with Crippen LogP contribution in [0.5, 0.6) is 0 Å². The van der Waals surface area contributed by atoms with E-state index in [1.165, 1.54) is 12.3 Å². The van der Waals surface area contributed by atoms with Crippen molar-refractivity contribution in [3.63, 3.8) is 0 Å². The molecular formula is C20H22ClF2N5O2S. The molecule has 1 N–H and O–H groups in total. The Hall–Kier alpha value is -1.91. The molecule has 2 fully saturated rings. The summed E-state index contributed by atoms with van der Waals surface area (Å²) in [5.74, 6) is -3.30. The van der Waals surface area contributed by atoms with E-state index in [1.807, 2.05) is 4.90 Å². The summed E-state index contributed by atoms with van der Waals surface area (Å²) < 4.78 is 56.3. The molecule has 0 bridgehead atoms. The zero-order valence-electron chi connectivity index (χ0n) is 16.7. The molecule has 0 amide bonds. The molecule has 5 rings (SSSR count). The second-order valence-corrected chi connectivity index (χ2v) is 10.7. The highest BCUT2D eigenvalue weighted by Crippen LogP contribution is 2.72. The predicted molar refractivity (Wildman–Crippen MR) is 111 cm³/mol. The number of halogens is 3. The van der Waals surface area contributed by atoms with E-state index in [0.29, 0.717) is 38.2 Å². The molecule has 7 nitrogen and oxygen atoms in total. The van der Waals surface area contributed by atoms with Gasteiger partial charge in [0.25, 0.3) is 5.92 Å². The molecule has 11 heteroatoms. The Morgan fingerprint density at radius 1 is 1.16 bits per heavy atom. The minimum Gasteiger partial charge on any atom is -0.349 e. The van der Waals surface area contributed by atoms with Crippen LogP contribution in [-0.4, -0.2) is 42.4 Å². The maximum atomic E-state index is 14.3. The Morgan fingerprint density at radius 2 is 1.87 bits per heavy atom. The van der Waals surface area contributed by atoms with Crippen molar-refractivity contribution in [3.05, 3.63) is 41.1 Å². The summed E-state index contributed by atoms with van der Waals surface area (Å²) in [5, 5.41) is 0.180. The van der Waals surface area contributed by atoms with Crippen LogP contribution < -0.4 is 9.62 Å². The molecule has 2 saturated carbocycles. The Labute approximate surface area is 184 Å². The lowest BCUT2D eigenvalue weighted by Crippen LogP contribution is -2.33. The predicted octanol–water partition coefficient (Wildman–Crippen LogP) is 3.19. The molecule has 0 saturated heterocycles. The maximum absolute atomic E-state index is 14.3. The lowest BCUT2D eigenvalue weighted by molar-refractivity contribution is 0.0590. The van der Waals surface area contributed by atoms with Crippen molar-refractivity contribution in [3.8, 4) is 0 Å². The minimum absolute atomic E-state index is 0.136. The van der Waals surface area contributed by atoms with Crippen LogP contribution in [0.15, 0.2) is 29.6 Å². The van der Waals surface area contributed by atoms with Gasteiger partial charge in [-0.1, -0.05) is 24.4 Å². The van der Waals surface area contributed by atoms with Crippen molar-refractivity contribution >= 4 is 27.4 Å². The fourth-order valence-corrected chi connectivity index (χ4v) is 6.46. The molecule has 166 valence electrons. The van der Waals surface area contributed by atoms with E-state index in [2.05, 4.69) is 19.7 Å². The molecule has 3 heterocycles. The molecule has 31 heavy (non-hydrogen) atoms. The molecule has 2 aliphatic carbocycles. The number of nitrogens with zero attached hydrogens (tertiary/aromatic N) is 4. The first-order valence-corrected chi connectivity index (χ1v) is 12.2. The quantitative estimate of drug-likeness (QED) is 0.723. The van der Waals surface area contributed by atoms with Crippen LogP contribution in [0.2, 0.25) is 5.02 Å². The van der Waals surface area contributed by atoms with E-state index in [4.69, 9.17) is 11.6 Å². The van der Waals surface area contributed by atoms with Crippen LogP contribution >= 0.6 is 11.6 Å². The maximum Gasteiger partial charge on any atom is 0.258 e. The van der Waals surface area contributed by atoms with Crippen LogP contribution in [0.3, 0.4) is 0 Å². The number of nitrogens with one attached hydrogen (secondary N) is 1. The van der Waals surface area contributed by atoms with E-state index in [-0.39, 0.29) is 16.5 Å². The Balaban J connectivity index is 1.29. The SMILES string of the molecule is O=S(=O)(NCC1C(F)(F)C12CCCC2)c1cnc(N2CCc3nccnc3C2)c(Cl)c1. The second kappa shape index (κ2) is 7.31. The molecule has 1 aliphatic heterocycles. The normalized spacial score (nSPS) is 23.7. The third kappa shape index (κ3) is 3.39. The number of fused-ring (bicyclic) bond motifs is 1. The Kier molecular flexibility index (Phi) is 4.95. The molecule has 1 unspecified atom stereocenters. The molecule has 2 aromatic heterocycles. The average Bonchev–Trinajstić information content (AvgIpc) is 3.06. The van der Waals surface area contributed by atoms with Gasteiger partial charge in [0, 0.05) is 49.4 Å². The molecule has 1 atom stereocenters. The highest BCUT2D eigenvalue weighted by molar-refractivity contribution is 7.89. The molecule has 1 spiro atoms. The number of aromatic nitrogens is 3. The van der Waals surface area contributed by atoms with Crippen molar-refractivity contribution in [1.29, 1.82) is 0 Å². The number of alkyl halides is 2. The van der Waals surface area contributed by atoms with Crippen molar-refractivity contribution < 1.29 is 17.2 Å². The Morgan fingerprint density at radius 3 is 2.58 bits per heavy atom. The monoisotopic (exact) mass is 469 g/mol. The highest BCUT2D eigenvalue weighted by atomic mass is 35.5. The summed E-state index contributed by atoms with van der Waals surface area (Å²) in [6.45, 7) is 0.816. The smallest absolute Gasteiger partial charge is 0.258 e. The van der Waals surface area contributed by atoms with Gasteiger partial charge in [-0.3, -0.25) is 9.97 Å². The minimum atomic E-state index is -4.00. The molecule has 0 radical (unpaired) electrons. The van der Waals surface area contributed by atoms with Gasteiger partial charge in [0.05, 0.1) is 23.0 Å². The first kappa shape index (κ1) is 21.0. The first-order chi connectivity index (χ1) is 14.7. The van der Waals surface area contributed by atoms with Crippen molar-refractivity contribution in [1.82, 2.24) is 19.7 Å². The molecule has 3 aliphatic rings. The van der Waals surface area contributed by atoms with E-state index in [0.717, 1.165) is 24.2 Å². The van der Waals surface area contributed by atoms with Crippen LogP contribution in [0.4, 0.5) is 14.6 Å². The van der Waals surface area contributed by atoms with Crippen LogP contribution in [0, 0.1) is 11.3 Å². The van der Waals surface area contributed by atoms with Gasteiger partial charge in [-0.15, -0.1) is 0 Å². The van der Waals surface area contributed by atoms with Gasteiger partial charge in [-0.05, 0) is 18.9 Å². The second-order valence-electron chi connectivity index (χ2n) is 8.49. The van der Waals surface area contributed by atoms with Crippen LogP contribution in [0.25, 0.3) is 0 Å². The summed E-state index contributed by atoms with van der Waals surface area (Å²) in [6.07, 6.45) is 7.62. The number of pyridine rings is 1. The van der Waals surface area contributed by atoms with Gasteiger partial charge in [0.2, 0.25) is 10.0 Å². The summed E-state index contributed by atoms with van der Waals surface area (Å²) in [6, 6.07) is 1.31. The first-order valence-electron chi connectivity index (χ1n) is 10.3. The van der Waals surface area contributed by atoms with Gasteiger partial charge < -0.3 is 4.90 Å². The fraction of sp³-hybridized carbons (Fsp3) is 0.550. The van der Waals surface area contributed by atoms with Gasteiger partial charge in [-0.25, -0.2) is 26.9 Å². The van der Waals surface area contributed by atoms with Crippen molar-refractivity contribution in [2.45, 2.75) is 49.5 Å². The molecule has 2 aromatic rings. The lowest BCUT2D eigenvalue weighted by Gasteiger charge is -2.29. The van der Waals surface area contributed by atoms with Gasteiger partial charge >= 0.3 is 0 Å². The van der Waals surface area contributed by atoms with Crippen LogP contribution in [-0.2, 0) is 23.0 Å². The molecular weight excluding hydrogens is 448 g/mol. The summed E-state index contributed by atoms with van der Waals surface area (Å²) in [7, 11) is -4.00. The lowest BCUT2D eigenvalue weighted by atomic mass is 10.0. The van der Waals surface area contributed by atoms with E-state index in [9.17, 15) is 17.2 Å². The Bertz CT molecular complexity index is 1120. The largest absolute Gasteiger partial charge is 0.349 e. The van der Waals surface area contributed by atoms with E-state index >= 15 is 0 Å². The van der Waals surface area contributed by atoms with E-state index < -0.39 is 27.3 Å². The average molecular weight is 470 g/mol. The van der Waals surface area contributed by atoms with E-state index in [1.54, 1.807) is 12.4 Å². The fourth-order valence-electron chi connectivity index (χ4n) is 5.09. The zero-order chi connectivity index (χ0) is 21.9. The number of anilines is 1. The van der Waals surface area contributed by atoms with Crippen LogP contribution in [0.1, 0.15) is 37.1 Å². The zero-order valence-corrected chi connectivity index (χ0v) is 18.3. The third-order valence-electron chi connectivity index (χ3n) is 6.88. The van der Waals surface area contributed by atoms with Gasteiger partial charge in [-0.2, -0.15) is 0 Å². The number of rotatable bonds is 5. The van der Waals surface area contributed by atoms with Gasteiger partial charge in [0.15, 0.2) is 0 Å². The molecule has 0 aromatic carbocycles. The van der Waals surface area contributed by atoms with Crippen molar-refractivity contribution in [2.24, 2.45) is 11.3 Å². The third-order valence-corrected chi connectivity index (χ3v) is 8.55. The topological polar surface area (TPSA) is 88.1 Å². The standard InChI is InChI=1S/C20H22ClF2N5O2S/c21-14-9-13(10-26-18(14)28-8-3-15-16(12-28)25-7-6-24-15)31(29,30)27-11-17-19(20(17,22)23)4-1-2-5-19/h6-7,9-10,17,27H,1-5,8,11-12H2. The van der Waals surface area contributed by atoms with Crippen molar-refractivity contribution in [2.75, 3.05) is 18.0 Å². The number of hydrogen-bond donors (Lipinski definition) is 1. The highest BCUT2D eigenvalue weighted by Gasteiger charge is 2.79. The summed E-state index contributed by atoms with van der Waals surface area (Å²) in [5.41, 5.74) is 0.731. The summed E-state index contributed by atoms with van der Waals surface area (Å²) >= 11 is 6.36. The number of sulfonamides is 1.